The minimum atomic E-state index is 0.346. The van der Waals surface area contributed by atoms with Gasteiger partial charge in [-0.25, -0.2) is 9.97 Å². The van der Waals surface area contributed by atoms with Crippen molar-refractivity contribution in [1.82, 2.24) is 29.0 Å². The van der Waals surface area contributed by atoms with Crippen molar-refractivity contribution in [2.45, 2.75) is 44.8 Å². The van der Waals surface area contributed by atoms with Gasteiger partial charge in [0.2, 0.25) is 0 Å². The summed E-state index contributed by atoms with van der Waals surface area (Å²) in [7, 11) is 4.22. The molecule has 0 fully saturated rings. The number of para-hydroxylation sites is 2. The fourth-order valence-corrected chi connectivity index (χ4v) is 4.67. The van der Waals surface area contributed by atoms with E-state index in [1.54, 1.807) is 0 Å². The summed E-state index contributed by atoms with van der Waals surface area (Å²) in [6.07, 6.45) is 10.3. The third-order valence-corrected chi connectivity index (χ3v) is 6.17. The Balaban J connectivity index is 1.42. The molecule has 1 atom stereocenters. The van der Waals surface area contributed by atoms with E-state index in [1.165, 1.54) is 23.2 Å². The lowest BCUT2D eigenvalue weighted by molar-refractivity contribution is 0.201. The molecule has 0 amide bonds. The van der Waals surface area contributed by atoms with Gasteiger partial charge in [-0.3, -0.25) is 9.88 Å². The van der Waals surface area contributed by atoms with E-state index in [-0.39, 0.29) is 0 Å². The Bertz CT molecular complexity index is 1160. The van der Waals surface area contributed by atoms with Crippen molar-refractivity contribution >= 4 is 11.0 Å². The van der Waals surface area contributed by atoms with Crippen LogP contribution in [0.5, 0.6) is 0 Å². The molecule has 0 N–H and O–H groups in total. The largest absolute Gasteiger partial charge is 0.340 e. The Morgan fingerprint density at radius 2 is 2.03 bits per heavy atom. The summed E-state index contributed by atoms with van der Waals surface area (Å²) in [6.45, 7) is 1.68. The molecule has 4 aromatic rings. The standard InChI is InChI=1S/C24H28N6/c1-28-15-19(26-17-28)12-14-30-21-10-4-3-9-20(21)27-23(30)16-29(2)22-11-5-7-18-8-6-13-25-24(18)22/h3-4,6,8-10,13,15,17,22H,5,7,11-12,14,16H2,1-2H3. The Hall–Kier alpha value is -2.99. The van der Waals surface area contributed by atoms with Gasteiger partial charge in [0.1, 0.15) is 5.82 Å². The molecule has 0 radical (unpaired) electrons. The van der Waals surface area contributed by atoms with Gasteiger partial charge in [-0.1, -0.05) is 18.2 Å². The minimum Gasteiger partial charge on any atom is -0.340 e. The smallest absolute Gasteiger partial charge is 0.124 e. The molecule has 3 aromatic heterocycles. The average Bonchev–Trinajstić information content (AvgIpc) is 3.34. The van der Waals surface area contributed by atoms with Crippen molar-refractivity contribution in [3.63, 3.8) is 0 Å². The lowest BCUT2D eigenvalue weighted by Gasteiger charge is -2.32. The van der Waals surface area contributed by atoms with E-state index in [0.29, 0.717) is 6.04 Å². The number of nitrogens with zero attached hydrogens (tertiary/aromatic N) is 6. The normalized spacial score (nSPS) is 16.3. The lowest BCUT2D eigenvalue weighted by Crippen LogP contribution is -2.29. The van der Waals surface area contributed by atoms with Crippen molar-refractivity contribution < 1.29 is 0 Å². The van der Waals surface area contributed by atoms with Crippen LogP contribution >= 0.6 is 0 Å². The van der Waals surface area contributed by atoms with E-state index in [9.17, 15) is 0 Å². The van der Waals surface area contributed by atoms with Gasteiger partial charge >= 0.3 is 0 Å². The highest BCUT2D eigenvalue weighted by atomic mass is 15.2. The zero-order chi connectivity index (χ0) is 20.5. The highest BCUT2D eigenvalue weighted by Gasteiger charge is 2.26. The van der Waals surface area contributed by atoms with E-state index in [2.05, 4.69) is 64.1 Å². The SMILES string of the molecule is CN(Cc1nc2ccccc2n1CCc1cn(C)cn1)C1CCCc2cccnc21. The van der Waals surface area contributed by atoms with Crippen molar-refractivity contribution in [2.75, 3.05) is 7.05 Å². The van der Waals surface area contributed by atoms with Gasteiger partial charge in [0.25, 0.3) is 0 Å². The molecule has 1 unspecified atom stereocenters. The Labute approximate surface area is 177 Å². The van der Waals surface area contributed by atoms with Crippen LogP contribution in [-0.4, -0.2) is 36.0 Å². The Kier molecular flexibility index (Phi) is 5.09. The first-order valence-electron chi connectivity index (χ1n) is 10.7. The van der Waals surface area contributed by atoms with Gasteiger partial charge in [0.05, 0.1) is 41.3 Å². The van der Waals surface area contributed by atoms with E-state index in [4.69, 9.17) is 9.97 Å². The molecule has 0 saturated carbocycles. The number of pyridine rings is 1. The van der Waals surface area contributed by atoms with Gasteiger partial charge < -0.3 is 9.13 Å². The second-order valence-corrected chi connectivity index (χ2v) is 8.32. The average molecular weight is 401 g/mol. The maximum Gasteiger partial charge on any atom is 0.124 e. The molecule has 1 aromatic carbocycles. The summed E-state index contributed by atoms with van der Waals surface area (Å²) in [5.41, 5.74) is 6.00. The van der Waals surface area contributed by atoms with Crippen LogP contribution in [0, 0.1) is 0 Å². The maximum atomic E-state index is 5.00. The predicted octanol–water partition coefficient (Wildman–Crippen LogP) is 3.92. The summed E-state index contributed by atoms with van der Waals surface area (Å²) >= 11 is 0. The van der Waals surface area contributed by atoms with Crippen LogP contribution in [0.25, 0.3) is 11.0 Å². The third-order valence-electron chi connectivity index (χ3n) is 6.17. The Morgan fingerprint density at radius 3 is 2.90 bits per heavy atom. The number of rotatable bonds is 6. The van der Waals surface area contributed by atoms with Crippen molar-refractivity contribution in [2.24, 2.45) is 7.05 Å². The molecule has 6 nitrogen and oxygen atoms in total. The molecule has 0 aliphatic heterocycles. The molecule has 5 rings (SSSR count). The number of imidazole rings is 2. The zero-order valence-corrected chi connectivity index (χ0v) is 17.7. The van der Waals surface area contributed by atoms with Crippen LogP contribution in [0.2, 0.25) is 0 Å². The topological polar surface area (TPSA) is 51.8 Å². The molecule has 3 heterocycles. The monoisotopic (exact) mass is 400 g/mol. The molecule has 0 bridgehead atoms. The fraction of sp³-hybridized carbons (Fsp3) is 0.375. The van der Waals surface area contributed by atoms with Crippen LogP contribution in [0.4, 0.5) is 0 Å². The van der Waals surface area contributed by atoms with Gasteiger partial charge in [-0.15, -0.1) is 0 Å². The number of aromatic nitrogens is 5. The summed E-state index contributed by atoms with van der Waals surface area (Å²) in [4.78, 5) is 16.6. The highest BCUT2D eigenvalue weighted by molar-refractivity contribution is 5.75. The van der Waals surface area contributed by atoms with E-state index in [1.807, 2.05) is 24.1 Å². The second-order valence-electron chi connectivity index (χ2n) is 8.32. The number of fused-ring (bicyclic) bond motifs is 2. The number of hydrogen-bond acceptors (Lipinski definition) is 4. The van der Waals surface area contributed by atoms with Crippen LogP contribution in [0.15, 0.2) is 55.1 Å². The molecule has 0 saturated heterocycles. The molecule has 0 spiro atoms. The second kappa shape index (κ2) is 8.03. The van der Waals surface area contributed by atoms with Crippen molar-refractivity contribution in [3.8, 4) is 0 Å². The van der Waals surface area contributed by atoms with Gasteiger partial charge in [0, 0.05) is 32.4 Å². The van der Waals surface area contributed by atoms with Gasteiger partial charge in [-0.05, 0) is 50.1 Å². The molecule has 1 aliphatic carbocycles. The van der Waals surface area contributed by atoms with Crippen LogP contribution in [0.1, 0.15) is 41.7 Å². The van der Waals surface area contributed by atoms with Crippen LogP contribution in [-0.2, 0) is 33.0 Å². The summed E-state index contributed by atoms with van der Waals surface area (Å²) < 4.78 is 4.37. The molecule has 6 heteroatoms. The molecular formula is C24H28N6. The maximum absolute atomic E-state index is 5.00. The van der Waals surface area contributed by atoms with Crippen LogP contribution in [0.3, 0.4) is 0 Å². The van der Waals surface area contributed by atoms with E-state index >= 15 is 0 Å². The first-order valence-corrected chi connectivity index (χ1v) is 10.7. The first-order chi connectivity index (χ1) is 14.7. The summed E-state index contributed by atoms with van der Waals surface area (Å²) in [5.74, 6) is 1.11. The van der Waals surface area contributed by atoms with Gasteiger partial charge in [-0.2, -0.15) is 0 Å². The molecular weight excluding hydrogens is 372 g/mol. The zero-order valence-electron chi connectivity index (χ0n) is 17.7. The van der Waals surface area contributed by atoms with E-state index < -0.39 is 0 Å². The summed E-state index contributed by atoms with van der Waals surface area (Å²) in [5, 5.41) is 0. The van der Waals surface area contributed by atoms with E-state index in [0.717, 1.165) is 49.4 Å². The quantitative estimate of drug-likeness (QED) is 0.492. The lowest BCUT2D eigenvalue weighted by atomic mass is 9.91. The van der Waals surface area contributed by atoms with Crippen molar-refractivity contribution in [1.29, 1.82) is 0 Å². The number of aryl methyl sites for hydroxylation is 4. The summed E-state index contributed by atoms with van der Waals surface area (Å²) in [6, 6.07) is 13.1. The first kappa shape index (κ1) is 19.0. The molecule has 1 aliphatic rings. The number of hydrogen-bond donors (Lipinski definition) is 0. The highest BCUT2D eigenvalue weighted by Crippen LogP contribution is 2.33. The third kappa shape index (κ3) is 3.63. The predicted molar refractivity (Wildman–Crippen MR) is 118 cm³/mol. The van der Waals surface area contributed by atoms with Crippen LogP contribution < -0.4 is 0 Å². The fourth-order valence-electron chi connectivity index (χ4n) is 4.67. The van der Waals surface area contributed by atoms with Gasteiger partial charge in [0.15, 0.2) is 0 Å². The minimum absolute atomic E-state index is 0.346. The number of benzene rings is 1. The Morgan fingerprint density at radius 1 is 1.13 bits per heavy atom. The van der Waals surface area contributed by atoms with Crippen molar-refractivity contribution in [3.05, 3.63) is 77.9 Å². The molecule has 154 valence electrons. The molecule has 30 heavy (non-hydrogen) atoms.